The van der Waals surface area contributed by atoms with Gasteiger partial charge in [0.25, 0.3) is 5.91 Å². The van der Waals surface area contributed by atoms with Crippen LogP contribution < -0.4 is 14.8 Å². The van der Waals surface area contributed by atoms with Crippen molar-refractivity contribution >= 4 is 29.6 Å². The van der Waals surface area contributed by atoms with E-state index >= 15 is 0 Å². The highest BCUT2D eigenvalue weighted by atomic mass is 16.5. The fourth-order valence-corrected chi connectivity index (χ4v) is 4.10. The van der Waals surface area contributed by atoms with Crippen LogP contribution in [-0.2, 0) is 14.3 Å². The van der Waals surface area contributed by atoms with Crippen molar-refractivity contribution in [3.8, 4) is 22.8 Å². The fraction of sp³-hybridized carbons (Fsp3) is 0.214. The molecule has 0 aliphatic carbocycles. The summed E-state index contributed by atoms with van der Waals surface area (Å²) in [7, 11) is 1.28. The summed E-state index contributed by atoms with van der Waals surface area (Å²) in [5, 5.41) is 2.80. The maximum Gasteiger partial charge on any atom is 0.339 e. The van der Waals surface area contributed by atoms with Crippen molar-refractivity contribution in [1.82, 2.24) is 4.98 Å². The van der Waals surface area contributed by atoms with Gasteiger partial charge in [-0.2, -0.15) is 0 Å². The standard InChI is InChI=1S/C28H26N2O6/c1-15-16(2)26-21(17(3)25(15)36-18(4)31)13-20(14-35-26)27(32)30-24-10-9-19(12-22(24)28(33)34-5)23-8-6-7-11-29-23/h6-13H,14H2,1-5H3,(H,30,32). The van der Waals surface area contributed by atoms with Crippen molar-refractivity contribution < 1.29 is 28.6 Å². The van der Waals surface area contributed by atoms with Gasteiger partial charge in [-0.25, -0.2) is 4.79 Å². The molecule has 1 aliphatic rings. The van der Waals surface area contributed by atoms with Crippen LogP contribution in [0.5, 0.6) is 11.5 Å². The van der Waals surface area contributed by atoms with E-state index in [-0.39, 0.29) is 12.2 Å². The zero-order valence-electron chi connectivity index (χ0n) is 20.7. The number of pyridine rings is 1. The number of rotatable bonds is 5. The normalized spacial score (nSPS) is 12.1. The van der Waals surface area contributed by atoms with Crippen molar-refractivity contribution in [1.29, 1.82) is 0 Å². The highest BCUT2D eigenvalue weighted by Crippen LogP contribution is 2.41. The van der Waals surface area contributed by atoms with Crippen molar-refractivity contribution in [3.63, 3.8) is 0 Å². The molecule has 0 saturated carbocycles. The van der Waals surface area contributed by atoms with Gasteiger partial charge in [0.1, 0.15) is 18.1 Å². The lowest BCUT2D eigenvalue weighted by Gasteiger charge is -2.24. The molecule has 8 heteroatoms. The molecular weight excluding hydrogens is 460 g/mol. The van der Waals surface area contributed by atoms with Gasteiger partial charge in [0.2, 0.25) is 0 Å². The van der Waals surface area contributed by atoms with Crippen LogP contribution >= 0.6 is 0 Å². The number of anilines is 1. The number of amides is 1. The van der Waals surface area contributed by atoms with Gasteiger partial charge in [0.15, 0.2) is 0 Å². The molecule has 36 heavy (non-hydrogen) atoms. The van der Waals surface area contributed by atoms with Crippen molar-refractivity contribution in [2.75, 3.05) is 19.0 Å². The Kier molecular flexibility index (Phi) is 6.87. The molecule has 8 nitrogen and oxygen atoms in total. The molecule has 4 rings (SSSR count). The smallest absolute Gasteiger partial charge is 0.339 e. The molecule has 1 aliphatic heterocycles. The number of nitrogens with zero attached hydrogens (tertiary/aromatic N) is 1. The number of nitrogens with one attached hydrogen (secondary N) is 1. The maximum atomic E-state index is 13.2. The van der Waals surface area contributed by atoms with E-state index in [4.69, 9.17) is 14.2 Å². The first-order chi connectivity index (χ1) is 17.2. The molecule has 0 atom stereocenters. The predicted octanol–water partition coefficient (Wildman–Crippen LogP) is 4.80. The number of ether oxygens (including phenoxy) is 3. The summed E-state index contributed by atoms with van der Waals surface area (Å²) in [5.41, 5.74) is 5.26. The van der Waals surface area contributed by atoms with E-state index in [9.17, 15) is 14.4 Å². The second-order valence-corrected chi connectivity index (χ2v) is 8.42. The van der Waals surface area contributed by atoms with Gasteiger partial charge in [-0.05, 0) is 62.2 Å². The van der Waals surface area contributed by atoms with Crippen LogP contribution in [0.4, 0.5) is 5.69 Å². The summed E-state index contributed by atoms with van der Waals surface area (Å²) in [6.07, 6.45) is 3.39. The number of carbonyl (C=O) groups excluding carboxylic acids is 3. The van der Waals surface area contributed by atoms with Crippen molar-refractivity contribution in [2.24, 2.45) is 0 Å². The highest BCUT2D eigenvalue weighted by molar-refractivity contribution is 6.10. The number of benzene rings is 2. The summed E-state index contributed by atoms with van der Waals surface area (Å²) in [6.45, 7) is 6.95. The van der Waals surface area contributed by atoms with Crippen LogP contribution in [0.2, 0.25) is 0 Å². The summed E-state index contributed by atoms with van der Waals surface area (Å²) < 4.78 is 16.3. The minimum Gasteiger partial charge on any atom is -0.488 e. The van der Waals surface area contributed by atoms with Gasteiger partial charge >= 0.3 is 11.9 Å². The first kappa shape index (κ1) is 24.7. The van der Waals surface area contributed by atoms with Crippen molar-refractivity contribution in [3.05, 3.63) is 76.0 Å². The number of esters is 2. The number of hydrogen-bond donors (Lipinski definition) is 1. The average Bonchev–Trinajstić information content (AvgIpc) is 2.89. The third kappa shape index (κ3) is 4.70. The molecule has 1 aromatic heterocycles. The molecule has 3 aromatic rings. The molecule has 0 bridgehead atoms. The van der Waals surface area contributed by atoms with Crippen LogP contribution in [0.1, 0.15) is 39.5 Å². The predicted molar refractivity (Wildman–Crippen MR) is 135 cm³/mol. The van der Waals surface area contributed by atoms with Gasteiger partial charge in [0, 0.05) is 29.8 Å². The molecule has 1 amide bonds. The van der Waals surface area contributed by atoms with Gasteiger partial charge in [-0.3, -0.25) is 14.6 Å². The molecule has 1 N–H and O–H groups in total. The van der Waals surface area contributed by atoms with Gasteiger partial charge in [-0.1, -0.05) is 12.1 Å². The Morgan fingerprint density at radius 1 is 1.03 bits per heavy atom. The summed E-state index contributed by atoms with van der Waals surface area (Å²) >= 11 is 0. The SMILES string of the molecule is COC(=O)c1cc(-c2ccccn2)ccc1NC(=O)C1=Cc2c(C)c(OC(C)=O)c(C)c(C)c2OC1. The summed E-state index contributed by atoms with van der Waals surface area (Å²) in [4.78, 5) is 41.7. The highest BCUT2D eigenvalue weighted by Gasteiger charge is 2.26. The van der Waals surface area contributed by atoms with E-state index in [1.165, 1.54) is 14.0 Å². The first-order valence-corrected chi connectivity index (χ1v) is 11.3. The molecule has 0 radical (unpaired) electrons. The van der Waals surface area contributed by atoms with E-state index in [1.807, 2.05) is 32.9 Å². The lowest BCUT2D eigenvalue weighted by molar-refractivity contribution is -0.132. The van der Waals surface area contributed by atoms with Crippen LogP contribution in [0.25, 0.3) is 17.3 Å². The minimum atomic E-state index is -0.588. The Labute approximate surface area is 208 Å². The first-order valence-electron chi connectivity index (χ1n) is 11.3. The largest absolute Gasteiger partial charge is 0.488 e. The molecule has 0 saturated heterocycles. The Morgan fingerprint density at radius 2 is 1.81 bits per heavy atom. The van der Waals surface area contributed by atoms with E-state index in [2.05, 4.69) is 10.3 Å². The van der Waals surface area contributed by atoms with Crippen LogP contribution in [0.3, 0.4) is 0 Å². The number of fused-ring (bicyclic) bond motifs is 1. The second kappa shape index (κ2) is 10.0. The van der Waals surface area contributed by atoms with Gasteiger partial charge in [-0.15, -0.1) is 0 Å². The summed E-state index contributed by atoms with van der Waals surface area (Å²) in [5.74, 6) is -0.340. The Morgan fingerprint density at radius 3 is 2.47 bits per heavy atom. The quantitative estimate of drug-likeness (QED) is 0.408. The lowest BCUT2D eigenvalue weighted by Crippen LogP contribution is -2.23. The monoisotopic (exact) mass is 486 g/mol. The number of methoxy groups -OCH3 is 1. The zero-order valence-corrected chi connectivity index (χ0v) is 20.7. The van der Waals surface area contributed by atoms with Gasteiger partial charge < -0.3 is 19.5 Å². The Bertz CT molecular complexity index is 1410. The van der Waals surface area contributed by atoms with E-state index in [0.717, 1.165) is 11.1 Å². The third-order valence-corrected chi connectivity index (χ3v) is 6.09. The fourth-order valence-electron chi connectivity index (χ4n) is 4.10. The van der Waals surface area contributed by atoms with Crippen LogP contribution in [-0.4, -0.2) is 36.5 Å². The molecule has 0 spiro atoms. The van der Waals surface area contributed by atoms with Crippen LogP contribution in [0, 0.1) is 20.8 Å². The zero-order chi connectivity index (χ0) is 26.0. The molecule has 0 unspecified atom stereocenters. The Hall–Kier alpha value is -4.46. The summed E-state index contributed by atoms with van der Waals surface area (Å²) in [6, 6.07) is 10.5. The number of aromatic nitrogens is 1. The van der Waals surface area contributed by atoms with E-state index < -0.39 is 17.8 Å². The van der Waals surface area contributed by atoms with Gasteiger partial charge in [0.05, 0.1) is 29.6 Å². The van der Waals surface area contributed by atoms with E-state index in [1.54, 1.807) is 36.5 Å². The average molecular weight is 487 g/mol. The maximum absolute atomic E-state index is 13.2. The molecule has 0 fully saturated rings. The number of hydrogen-bond acceptors (Lipinski definition) is 7. The third-order valence-electron chi connectivity index (χ3n) is 6.09. The molecule has 184 valence electrons. The van der Waals surface area contributed by atoms with E-state index in [0.29, 0.717) is 45.1 Å². The second-order valence-electron chi connectivity index (χ2n) is 8.42. The lowest BCUT2D eigenvalue weighted by atomic mass is 9.94. The number of carbonyl (C=O) groups is 3. The molecule has 2 aromatic carbocycles. The Balaban J connectivity index is 1.69. The molecular formula is C28H26N2O6. The molecule has 2 heterocycles. The minimum absolute atomic E-state index is 0.0467. The topological polar surface area (TPSA) is 104 Å². The van der Waals surface area contributed by atoms with Crippen molar-refractivity contribution in [2.45, 2.75) is 27.7 Å². The van der Waals surface area contributed by atoms with Crippen LogP contribution in [0.15, 0.2) is 48.2 Å².